The molecule has 0 aliphatic carbocycles. The predicted molar refractivity (Wildman–Crippen MR) is 79.8 cm³/mol. The van der Waals surface area contributed by atoms with Gasteiger partial charge in [0.1, 0.15) is 0 Å². The average Bonchev–Trinajstić information content (AvgIpc) is 2.41. The molecule has 0 aromatic heterocycles. The molecule has 0 bridgehead atoms. The Balaban J connectivity index is 2.11. The molecule has 0 unspecified atom stereocenters. The molecule has 1 saturated heterocycles. The van der Waals surface area contributed by atoms with Gasteiger partial charge in [0.15, 0.2) is 5.96 Å². The summed E-state index contributed by atoms with van der Waals surface area (Å²) in [4.78, 5) is 6.95. The molecule has 1 aromatic rings. The first-order chi connectivity index (χ1) is 9.15. The Hall–Kier alpha value is -1.55. The lowest BCUT2D eigenvalue weighted by Crippen LogP contribution is -2.44. The molecular formula is C15H23N3O. The molecule has 0 atom stereocenters. The van der Waals surface area contributed by atoms with E-state index in [9.17, 15) is 0 Å². The van der Waals surface area contributed by atoms with Gasteiger partial charge in [0, 0.05) is 24.8 Å². The molecule has 0 saturated carbocycles. The van der Waals surface area contributed by atoms with Gasteiger partial charge in [-0.2, -0.15) is 0 Å². The number of nitrogens with zero attached hydrogens (tertiary/aromatic N) is 2. The van der Waals surface area contributed by atoms with E-state index in [1.807, 2.05) is 0 Å². The van der Waals surface area contributed by atoms with Crippen molar-refractivity contribution in [3.63, 3.8) is 0 Å². The van der Waals surface area contributed by atoms with Crippen molar-refractivity contribution in [3.8, 4) is 0 Å². The molecule has 4 nitrogen and oxygen atoms in total. The van der Waals surface area contributed by atoms with Crippen molar-refractivity contribution in [1.29, 1.82) is 0 Å². The molecule has 1 aliphatic heterocycles. The second kappa shape index (κ2) is 6.57. The normalized spacial score (nSPS) is 16.8. The van der Waals surface area contributed by atoms with Crippen LogP contribution in [0.4, 0.5) is 5.69 Å². The van der Waals surface area contributed by atoms with Gasteiger partial charge < -0.3 is 15.0 Å². The van der Waals surface area contributed by atoms with Crippen molar-refractivity contribution in [3.05, 3.63) is 29.8 Å². The highest BCUT2D eigenvalue weighted by atomic mass is 16.5. The highest BCUT2D eigenvalue weighted by Crippen LogP contribution is 2.11. The molecule has 104 valence electrons. The SMILES string of the molecule is Cc1ccc(NC(=NC(C)C)N2CCOCC2)cc1. The number of benzene rings is 1. The van der Waals surface area contributed by atoms with E-state index in [1.165, 1.54) is 5.56 Å². The van der Waals surface area contributed by atoms with E-state index in [4.69, 9.17) is 9.73 Å². The lowest BCUT2D eigenvalue weighted by Gasteiger charge is -2.30. The largest absolute Gasteiger partial charge is 0.378 e. The second-order valence-corrected chi connectivity index (χ2v) is 5.14. The minimum Gasteiger partial charge on any atom is -0.378 e. The van der Waals surface area contributed by atoms with Gasteiger partial charge in [-0.1, -0.05) is 17.7 Å². The first-order valence-electron chi connectivity index (χ1n) is 6.89. The zero-order valence-electron chi connectivity index (χ0n) is 12.0. The molecule has 2 rings (SSSR count). The van der Waals surface area contributed by atoms with Crippen LogP contribution in [0.25, 0.3) is 0 Å². The third-order valence-electron chi connectivity index (χ3n) is 3.00. The van der Waals surface area contributed by atoms with Crippen LogP contribution in [0.5, 0.6) is 0 Å². The summed E-state index contributed by atoms with van der Waals surface area (Å²) in [5.41, 5.74) is 2.34. The van der Waals surface area contributed by atoms with Crippen LogP contribution in [0.2, 0.25) is 0 Å². The molecule has 19 heavy (non-hydrogen) atoms. The highest BCUT2D eigenvalue weighted by Gasteiger charge is 2.15. The highest BCUT2D eigenvalue weighted by molar-refractivity contribution is 5.93. The fourth-order valence-corrected chi connectivity index (χ4v) is 1.98. The Labute approximate surface area is 115 Å². The van der Waals surface area contributed by atoms with Crippen molar-refractivity contribution >= 4 is 11.6 Å². The first-order valence-corrected chi connectivity index (χ1v) is 6.89. The lowest BCUT2D eigenvalue weighted by molar-refractivity contribution is 0.0678. The van der Waals surface area contributed by atoms with E-state index < -0.39 is 0 Å². The molecule has 1 N–H and O–H groups in total. The first kappa shape index (κ1) is 13.9. The predicted octanol–water partition coefficient (Wildman–Crippen LogP) is 2.50. The Kier molecular flexibility index (Phi) is 4.80. The number of nitrogens with one attached hydrogen (secondary N) is 1. The topological polar surface area (TPSA) is 36.9 Å². The van der Waals surface area contributed by atoms with E-state index in [0.29, 0.717) is 0 Å². The summed E-state index contributed by atoms with van der Waals surface area (Å²) in [5, 5.41) is 3.43. The van der Waals surface area contributed by atoms with Crippen molar-refractivity contribution in [2.24, 2.45) is 4.99 Å². The van der Waals surface area contributed by atoms with Gasteiger partial charge in [-0.25, -0.2) is 0 Å². The molecular weight excluding hydrogens is 238 g/mol. The third kappa shape index (κ3) is 4.24. The molecule has 1 heterocycles. The van der Waals surface area contributed by atoms with Gasteiger partial charge in [-0.3, -0.25) is 4.99 Å². The Bertz CT molecular complexity index is 420. The van der Waals surface area contributed by atoms with Gasteiger partial charge in [0.2, 0.25) is 0 Å². The van der Waals surface area contributed by atoms with Crippen LogP contribution >= 0.6 is 0 Å². The standard InChI is InChI=1S/C15H23N3O/c1-12(2)16-15(18-8-10-19-11-9-18)17-14-6-4-13(3)5-7-14/h4-7,12H,8-11H2,1-3H3,(H,16,17). The van der Waals surface area contributed by atoms with Crippen LogP contribution in [0.1, 0.15) is 19.4 Å². The third-order valence-corrected chi connectivity index (χ3v) is 3.00. The Morgan fingerprint density at radius 2 is 1.84 bits per heavy atom. The minimum absolute atomic E-state index is 0.274. The zero-order chi connectivity index (χ0) is 13.7. The zero-order valence-corrected chi connectivity index (χ0v) is 12.0. The maximum atomic E-state index is 5.40. The van der Waals surface area contributed by atoms with Gasteiger partial charge in [-0.05, 0) is 32.9 Å². The minimum atomic E-state index is 0.274. The van der Waals surface area contributed by atoms with Crippen LogP contribution in [0.15, 0.2) is 29.3 Å². The number of aliphatic imine (C=N–C) groups is 1. The van der Waals surface area contributed by atoms with E-state index in [1.54, 1.807) is 0 Å². The summed E-state index contributed by atoms with van der Waals surface area (Å²) in [5.74, 6) is 0.946. The summed E-state index contributed by atoms with van der Waals surface area (Å²) in [6.07, 6.45) is 0. The number of morpholine rings is 1. The van der Waals surface area contributed by atoms with Crippen LogP contribution in [-0.2, 0) is 4.74 Å². The fraction of sp³-hybridized carbons (Fsp3) is 0.533. The quantitative estimate of drug-likeness (QED) is 0.656. The Morgan fingerprint density at radius 1 is 1.21 bits per heavy atom. The van der Waals surface area contributed by atoms with Gasteiger partial charge in [0.05, 0.1) is 13.2 Å². The van der Waals surface area contributed by atoms with Crippen molar-refractivity contribution < 1.29 is 4.74 Å². The monoisotopic (exact) mass is 261 g/mol. The van der Waals surface area contributed by atoms with Crippen LogP contribution in [0.3, 0.4) is 0 Å². The lowest BCUT2D eigenvalue weighted by atomic mass is 10.2. The molecule has 4 heteroatoms. The maximum absolute atomic E-state index is 5.40. The van der Waals surface area contributed by atoms with Crippen LogP contribution < -0.4 is 5.32 Å². The van der Waals surface area contributed by atoms with Gasteiger partial charge in [0.25, 0.3) is 0 Å². The molecule has 1 aliphatic rings. The molecule has 1 fully saturated rings. The average molecular weight is 261 g/mol. The smallest absolute Gasteiger partial charge is 0.198 e. The van der Waals surface area contributed by atoms with Crippen molar-refractivity contribution in [2.45, 2.75) is 26.8 Å². The van der Waals surface area contributed by atoms with Gasteiger partial charge >= 0.3 is 0 Å². The summed E-state index contributed by atoms with van der Waals surface area (Å²) >= 11 is 0. The molecule has 1 aromatic carbocycles. The van der Waals surface area contributed by atoms with E-state index in [-0.39, 0.29) is 6.04 Å². The van der Waals surface area contributed by atoms with Crippen LogP contribution in [-0.4, -0.2) is 43.2 Å². The molecule has 0 amide bonds. The van der Waals surface area contributed by atoms with Gasteiger partial charge in [-0.15, -0.1) is 0 Å². The van der Waals surface area contributed by atoms with E-state index in [0.717, 1.165) is 38.0 Å². The summed E-state index contributed by atoms with van der Waals surface area (Å²) < 4.78 is 5.40. The van der Waals surface area contributed by atoms with E-state index in [2.05, 4.69) is 55.3 Å². The van der Waals surface area contributed by atoms with Crippen LogP contribution in [0, 0.1) is 6.92 Å². The van der Waals surface area contributed by atoms with Crippen molar-refractivity contribution in [2.75, 3.05) is 31.6 Å². The number of ether oxygens (including phenoxy) is 1. The van der Waals surface area contributed by atoms with Crippen molar-refractivity contribution in [1.82, 2.24) is 4.90 Å². The number of anilines is 1. The number of aryl methyl sites for hydroxylation is 1. The summed E-state index contributed by atoms with van der Waals surface area (Å²) in [7, 11) is 0. The number of guanidine groups is 1. The van der Waals surface area contributed by atoms with E-state index >= 15 is 0 Å². The molecule has 0 radical (unpaired) electrons. The summed E-state index contributed by atoms with van der Waals surface area (Å²) in [6, 6.07) is 8.66. The number of hydrogen-bond acceptors (Lipinski definition) is 2. The Morgan fingerprint density at radius 3 is 2.42 bits per heavy atom. The fourth-order valence-electron chi connectivity index (χ4n) is 1.98. The number of rotatable bonds is 2. The maximum Gasteiger partial charge on any atom is 0.198 e. The second-order valence-electron chi connectivity index (χ2n) is 5.14. The molecule has 0 spiro atoms. The number of hydrogen-bond donors (Lipinski definition) is 1. The summed E-state index contributed by atoms with van der Waals surface area (Å²) in [6.45, 7) is 9.61.